The van der Waals surface area contributed by atoms with Crippen molar-refractivity contribution in [3.05, 3.63) is 30.1 Å². The summed E-state index contributed by atoms with van der Waals surface area (Å²) in [6.45, 7) is 4.05. The molecular formula is C11H17N5. The molecular weight excluding hydrogens is 202 g/mol. The van der Waals surface area contributed by atoms with E-state index in [2.05, 4.69) is 17.0 Å². The first-order valence-corrected chi connectivity index (χ1v) is 5.44. The molecule has 2 aromatic heterocycles. The van der Waals surface area contributed by atoms with Crippen LogP contribution in [-0.2, 0) is 13.5 Å². The van der Waals surface area contributed by atoms with Gasteiger partial charge in [0.2, 0.25) is 0 Å². The lowest BCUT2D eigenvalue weighted by Gasteiger charge is -2.09. The quantitative estimate of drug-likeness (QED) is 0.843. The van der Waals surface area contributed by atoms with Gasteiger partial charge >= 0.3 is 0 Å². The summed E-state index contributed by atoms with van der Waals surface area (Å²) in [5.41, 5.74) is 9.03. The van der Waals surface area contributed by atoms with Crippen molar-refractivity contribution in [1.82, 2.24) is 19.3 Å². The summed E-state index contributed by atoms with van der Waals surface area (Å²) >= 11 is 0. The van der Waals surface area contributed by atoms with Crippen LogP contribution in [0.1, 0.15) is 31.3 Å². The summed E-state index contributed by atoms with van der Waals surface area (Å²) in [5, 5.41) is 4.41. The molecule has 2 heterocycles. The van der Waals surface area contributed by atoms with Crippen molar-refractivity contribution in [3.63, 3.8) is 0 Å². The van der Waals surface area contributed by atoms with Crippen molar-refractivity contribution >= 4 is 0 Å². The average Bonchev–Trinajstić information content (AvgIpc) is 2.82. The smallest absolute Gasteiger partial charge is 0.0995 e. The first-order chi connectivity index (χ1) is 7.63. The van der Waals surface area contributed by atoms with E-state index in [1.165, 1.54) is 0 Å². The van der Waals surface area contributed by atoms with E-state index in [1.807, 2.05) is 29.4 Å². The molecule has 0 saturated heterocycles. The van der Waals surface area contributed by atoms with Gasteiger partial charge in [0.1, 0.15) is 0 Å². The molecule has 0 saturated carbocycles. The topological polar surface area (TPSA) is 61.7 Å². The Hall–Kier alpha value is -1.62. The molecule has 0 aliphatic rings. The maximum atomic E-state index is 5.91. The fourth-order valence-electron chi connectivity index (χ4n) is 1.82. The molecule has 0 radical (unpaired) electrons. The third-order valence-corrected chi connectivity index (χ3v) is 2.61. The normalized spacial score (nSPS) is 13.0. The Balaban J connectivity index is 2.53. The van der Waals surface area contributed by atoms with Gasteiger partial charge in [0.05, 0.1) is 29.6 Å². The second-order valence-electron chi connectivity index (χ2n) is 3.97. The molecule has 0 aliphatic heterocycles. The van der Waals surface area contributed by atoms with Crippen molar-refractivity contribution in [2.75, 3.05) is 0 Å². The Kier molecular flexibility index (Phi) is 2.78. The van der Waals surface area contributed by atoms with Crippen LogP contribution in [0.5, 0.6) is 0 Å². The Morgan fingerprint density at radius 3 is 2.88 bits per heavy atom. The Morgan fingerprint density at radius 2 is 2.25 bits per heavy atom. The monoisotopic (exact) mass is 219 g/mol. The van der Waals surface area contributed by atoms with Crippen molar-refractivity contribution in [2.24, 2.45) is 12.8 Å². The van der Waals surface area contributed by atoms with Gasteiger partial charge in [-0.15, -0.1) is 0 Å². The molecule has 1 unspecified atom stereocenters. The second-order valence-corrected chi connectivity index (χ2v) is 3.97. The van der Waals surface area contributed by atoms with Gasteiger partial charge in [-0.2, -0.15) is 5.10 Å². The molecule has 16 heavy (non-hydrogen) atoms. The summed E-state index contributed by atoms with van der Waals surface area (Å²) < 4.78 is 3.83. The molecule has 86 valence electrons. The van der Waals surface area contributed by atoms with E-state index < -0.39 is 0 Å². The van der Waals surface area contributed by atoms with E-state index in [-0.39, 0.29) is 6.04 Å². The minimum absolute atomic E-state index is 0.0348. The fraction of sp³-hybridized carbons (Fsp3) is 0.455. The zero-order valence-electron chi connectivity index (χ0n) is 9.88. The SMILES string of the molecule is CCc1nn(C)cc1-n1cncc1C(C)N. The van der Waals surface area contributed by atoms with Gasteiger partial charge in [0.15, 0.2) is 0 Å². The molecule has 2 rings (SSSR count). The van der Waals surface area contributed by atoms with Crippen LogP contribution in [0, 0.1) is 0 Å². The van der Waals surface area contributed by atoms with Crippen LogP contribution in [0.3, 0.4) is 0 Å². The summed E-state index contributed by atoms with van der Waals surface area (Å²) in [6.07, 6.45) is 6.48. The van der Waals surface area contributed by atoms with E-state index >= 15 is 0 Å². The number of aromatic nitrogens is 4. The van der Waals surface area contributed by atoms with Crippen LogP contribution in [0.4, 0.5) is 0 Å². The lowest BCUT2D eigenvalue weighted by Crippen LogP contribution is -2.11. The van der Waals surface area contributed by atoms with Crippen LogP contribution in [-0.4, -0.2) is 19.3 Å². The summed E-state index contributed by atoms with van der Waals surface area (Å²) in [6, 6.07) is -0.0348. The molecule has 0 spiro atoms. The predicted octanol–water partition coefficient (Wildman–Crippen LogP) is 1.19. The van der Waals surface area contributed by atoms with E-state index in [9.17, 15) is 0 Å². The number of hydrogen-bond donors (Lipinski definition) is 1. The molecule has 0 bridgehead atoms. The Bertz CT molecular complexity index is 480. The van der Waals surface area contributed by atoms with Gasteiger partial charge in [-0.3, -0.25) is 9.25 Å². The molecule has 5 nitrogen and oxygen atoms in total. The van der Waals surface area contributed by atoms with Crippen LogP contribution in [0.15, 0.2) is 18.7 Å². The number of rotatable bonds is 3. The fourth-order valence-corrected chi connectivity index (χ4v) is 1.82. The maximum absolute atomic E-state index is 5.91. The summed E-state index contributed by atoms with van der Waals surface area (Å²) in [4.78, 5) is 4.15. The molecule has 0 amide bonds. The molecule has 5 heteroatoms. The van der Waals surface area contributed by atoms with E-state index in [1.54, 1.807) is 12.5 Å². The van der Waals surface area contributed by atoms with E-state index in [4.69, 9.17) is 5.73 Å². The highest BCUT2D eigenvalue weighted by Crippen LogP contribution is 2.18. The highest BCUT2D eigenvalue weighted by molar-refractivity contribution is 5.37. The molecule has 1 atom stereocenters. The maximum Gasteiger partial charge on any atom is 0.0995 e. The van der Waals surface area contributed by atoms with E-state index in [0.717, 1.165) is 23.5 Å². The molecule has 2 N–H and O–H groups in total. The lowest BCUT2D eigenvalue weighted by atomic mass is 10.2. The number of nitrogens with zero attached hydrogens (tertiary/aromatic N) is 4. The van der Waals surface area contributed by atoms with Gasteiger partial charge in [-0.05, 0) is 13.3 Å². The standard InChI is InChI=1S/C11H17N5/c1-4-9-11(6-15(3)14-9)16-7-13-5-10(16)8(2)12/h5-8H,4,12H2,1-3H3. The van der Waals surface area contributed by atoms with Gasteiger partial charge < -0.3 is 5.73 Å². The molecule has 0 aliphatic carbocycles. The first-order valence-electron chi connectivity index (χ1n) is 5.44. The minimum Gasteiger partial charge on any atom is -0.323 e. The largest absolute Gasteiger partial charge is 0.323 e. The van der Waals surface area contributed by atoms with Gasteiger partial charge in [0.25, 0.3) is 0 Å². The lowest BCUT2D eigenvalue weighted by molar-refractivity contribution is 0.746. The Labute approximate surface area is 94.9 Å². The predicted molar refractivity (Wildman–Crippen MR) is 62.3 cm³/mol. The summed E-state index contributed by atoms with van der Waals surface area (Å²) in [7, 11) is 1.92. The van der Waals surface area contributed by atoms with Crippen LogP contribution in [0.25, 0.3) is 5.69 Å². The number of nitrogens with two attached hydrogens (primary N) is 1. The number of aryl methyl sites for hydroxylation is 2. The van der Waals surface area contributed by atoms with Gasteiger partial charge in [-0.25, -0.2) is 4.98 Å². The van der Waals surface area contributed by atoms with Crippen molar-refractivity contribution in [1.29, 1.82) is 0 Å². The van der Waals surface area contributed by atoms with Gasteiger partial charge in [0, 0.05) is 19.3 Å². The molecule has 0 fully saturated rings. The van der Waals surface area contributed by atoms with Crippen LogP contribution >= 0.6 is 0 Å². The van der Waals surface area contributed by atoms with E-state index in [0.29, 0.717) is 0 Å². The molecule has 0 aromatic carbocycles. The van der Waals surface area contributed by atoms with Crippen LogP contribution < -0.4 is 5.73 Å². The van der Waals surface area contributed by atoms with Crippen LogP contribution in [0.2, 0.25) is 0 Å². The van der Waals surface area contributed by atoms with Crippen molar-refractivity contribution < 1.29 is 0 Å². The highest BCUT2D eigenvalue weighted by Gasteiger charge is 2.13. The Morgan fingerprint density at radius 1 is 1.50 bits per heavy atom. The minimum atomic E-state index is -0.0348. The second kappa shape index (κ2) is 4.09. The van der Waals surface area contributed by atoms with Gasteiger partial charge in [-0.1, -0.05) is 6.92 Å². The average molecular weight is 219 g/mol. The summed E-state index contributed by atoms with van der Waals surface area (Å²) in [5.74, 6) is 0. The molecule has 2 aromatic rings. The van der Waals surface area contributed by atoms with Crippen molar-refractivity contribution in [2.45, 2.75) is 26.3 Å². The highest BCUT2D eigenvalue weighted by atomic mass is 15.3. The zero-order valence-corrected chi connectivity index (χ0v) is 9.88. The van der Waals surface area contributed by atoms with Crippen molar-refractivity contribution in [3.8, 4) is 5.69 Å². The number of imidazole rings is 1. The first kappa shape index (κ1) is 10.9. The zero-order chi connectivity index (χ0) is 11.7. The number of hydrogen-bond acceptors (Lipinski definition) is 3. The third-order valence-electron chi connectivity index (χ3n) is 2.61. The third kappa shape index (κ3) is 1.74.